The summed E-state index contributed by atoms with van der Waals surface area (Å²) in [5, 5.41) is 3.54. The van der Waals surface area contributed by atoms with Gasteiger partial charge >= 0.3 is 6.18 Å². The summed E-state index contributed by atoms with van der Waals surface area (Å²) < 4.78 is 38.0. The van der Waals surface area contributed by atoms with E-state index in [1.54, 1.807) is 0 Å². The van der Waals surface area contributed by atoms with Crippen molar-refractivity contribution in [2.24, 2.45) is 0 Å². The van der Waals surface area contributed by atoms with Gasteiger partial charge < -0.3 is 5.32 Å². The summed E-state index contributed by atoms with van der Waals surface area (Å²) >= 11 is 1.16. The van der Waals surface area contributed by atoms with E-state index in [-0.39, 0.29) is 23.2 Å². The third-order valence-electron chi connectivity index (χ3n) is 6.87. The van der Waals surface area contributed by atoms with Crippen LogP contribution in [0.3, 0.4) is 0 Å². The number of rotatable bonds is 6. The molecule has 178 valence electrons. The summed E-state index contributed by atoms with van der Waals surface area (Å²) in [6.45, 7) is 2.26. The summed E-state index contributed by atoms with van der Waals surface area (Å²) in [6.07, 6.45) is 4.04. The molecule has 1 amide bonds. The number of hydrogen-bond donors (Lipinski definition) is 1. The van der Waals surface area contributed by atoms with Crippen molar-refractivity contribution in [2.75, 3.05) is 18.8 Å². The molecule has 2 aliphatic rings. The zero-order chi connectivity index (χ0) is 23.3. The van der Waals surface area contributed by atoms with Gasteiger partial charge in [0.05, 0.1) is 16.3 Å². The molecular weight excluding hydrogens is 447 g/mol. The second-order valence-corrected chi connectivity index (χ2v) is 9.95. The zero-order valence-corrected chi connectivity index (χ0v) is 19.4. The van der Waals surface area contributed by atoms with Crippen molar-refractivity contribution >= 4 is 17.7 Å². The van der Waals surface area contributed by atoms with Crippen LogP contribution >= 0.6 is 11.8 Å². The number of nitrogens with zero attached hydrogens (tertiary/aromatic N) is 2. The van der Waals surface area contributed by atoms with Crippen LogP contribution in [0.25, 0.3) is 0 Å². The van der Waals surface area contributed by atoms with E-state index in [2.05, 4.69) is 45.5 Å². The quantitative estimate of drug-likeness (QED) is 0.548. The number of benzene rings is 1. The largest absolute Gasteiger partial charge is 0.417 e. The van der Waals surface area contributed by atoms with Crippen LogP contribution in [-0.2, 0) is 16.5 Å². The normalized spacial score (nSPS) is 24.4. The van der Waals surface area contributed by atoms with Gasteiger partial charge in [0.15, 0.2) is 0 Å². The molecule has 8 heteroatoms. The monoisotopic (exact) mass is 477 g/mol. The lowest BCUT2D eigenvalue weighted by molar-refractivity contribution is -0.137. The van der Waals surface area contributed by atoms with E-state index in [4.69, 9.17) is 0 Å². The summed E-state index contributed by atoms with van der Waals surface area (Å²) in [7, 11) is 0. The molecule has 2 aromatic rings. The minimum Gasteiger partial charge on any atom is -0.353 e. The SMILES string of the molecule is O=C(CSc1ccc(C(F)(F)F)cn1)NC1CCC(c2ccccc2)(N2CCCCC2)CC1. The Morgan fingerprint density at radius 3 is 2.36 bits per heavy atom. The molecule has 2 heterocycles. The average Bonchev–Trinajstić information content (AvgIpc) is 2.84. The molecule has 0 unspecified atom stereocenters. The highest BCUT2D eigenvalue weighted by atomic mass is 32.2. The van der Waals surface area contributed by atoms with E-state index in [0.717, 1.165) is 62.8 Å². The zero-order valence-electron chi connectivity index (χ0n) is 18.6. The van der Waals surface area contributed by atoms with Crippen molar-refractivity contribution in [3.05, 3.63) is 59.8 Å². The molecule has 4 rings (SSSR count). The minimum atomic E-state index is -4.41. The molecule has 1 saturated heterocycles. The van der Waals surface area contributed by atoms with E-state index in [9.17, 15) is 18.0 Å². The highest BCUT2D eigenvalue weighted by Gasteiger charge is 2.42. The molecule has 0 atom stereocenters. The number of pyridine rings is 1. The molecule has 4 nitrogen and oxygen atoms in total. The number of piperidine rings is 1. The van der Waals surface area contributed by atoms with Gasteiger partial charge in [0.1, 0.15) is 0 Å². The first-order valence-corrected chi connectivity index (χ1v) is 12.6. The predicted octanol–water partition coefficient (Wildman–Crippen LogP) is 5.63. The summed E-state index contributed by atoms with van der Waals surface area (Å²) in [5.74, 6) is 0.0436. The first kappa shape index (κ1) is 24.1. The number of halogens is 3. The number of hydrogen-bond acceptors (Lipinski definition) is 4. The molecule has 1 aromatic carbocycles. The lowest BCUT2D eigenvalue weighted by Gasteiger charge is -2.50. The van der Waals surface area contributed by atoms with Gasteiger partial charge in [-0.25, -0.2) is 4.98 Å². The molecule has 1 saturated carbocycles. The highest BCUT2D eigenvalue weighted by molar-refractivity contribution is 7.99. The molecule has 0 spiro atoms. The molecule has 1 aromatic heterocycles. The van der Waals surface area contributed by atoms with Gasteiger partial charge in [0, 0.05) is 17.8 Å². The highest BCUT2D eigenvalue weighted by Crippen LogP contribution is 2.43. The van der Waals surface area contributed by atoms with E-state index >= 15 is 0 Å². The number of alkyl halides is 3. The van der Waals surface area contributed by atoms with Crippen molar-refractivity contribution in [3.8, 4) is 0 Å². The molecule has 0 bridgehead atoms. The van der Waals surface area contributed by atoms with Gasteiger partial charge in [-0.2, -0.15) is 13.2 Å². The Balaban J connectivity index is 1.31. The Hall–Kier alpha value is -2.06. The van der Waals surface area contributed by atoms with E-state index in [1.165, 1.54) is 30.9 Å². The van der Waals surface area contributed by atoms with Crippen LogP contribution in [0.5, 0.6) is 0 Å². The number of nitrogens with one attached hydrogen (secondary N) is 1. The molecule has 1 aliphatic heterocycles. The molecule has 0 radical (unpaired) electrons. The van der Waals surface area contributed by atoms with Crippen molar-refractivity contribution in [1.82, 2.24) is 15.2 Å². The van der Waals surface area contributed by atoms with Gasteiger partial charge in [-0.15, -0.1) is 0 Å². The minimum absolute atomic E-state index is 0.0435. The predicted molar refractivity (Wildman–Crippen MR) is 124 cm³/mol. The molecule has 33 heavy (non-hydrogen) atoms. The van der Waals surface area contributed by atoms with Crippen LogP contribution in [0.15, 0.2) is 53.7 Å². The summed E-state index contributed by atoms with van der Waals surface area (Å²) in [5.41, 5.74) is 0.636. The lowest BCUT2D eigenvalue weighted by atomic mass is 9.73. The van der Waals surface area contributed by atoms with Gasteiger partial charge in [0.2, 0.25) is 5.91 Å². The lowest BCUT2D eigenvalue weighted by Crippen LogP contribution is -2.53. The van der Waals surface area contributed by atoms with Gasteiger partial charge in [-0.1, -0.05) is 48.5 Å². The fourth-order valence-electron chi connectivity index (χ4n) is 5.14. The smallest absolute Gasteiger partial charge is 0.353 e. The molecular formula is C25H30F3N3OS. The number of carbonyl (C=O) groups is 1. The Kier molecular flexibility index (Phi) is 7.64. The number of aromatic nitrogens is 1. The van der Waals surface area contributed by atoms with Crippen LogP contribution in [0.1, 0.15) is 56.1 Å². The van der Waals surface area contributed by atoms with Crippen LogP contribution < -0.4 is 5.32 Å². The third-order valence-corrected chi connectivity index (χ3v) is 7.81. The second-order valence-electron chi connectivity index (χ2n) is 8.96. The second kappa shape index (κ2) is 10.5. The van der Waals surface area contributed by atoms with E-state index < -0.39 is 11.7 Å². The van der Waals surface area contributed by atoms with Crippen molar-refractivity contribution in [1.29, 1.82) is 0 Å². The average molecular weight is 478 g/mol. The Bertz CT molecular complexity index is 907. The summed E-state index contributed by atoms with van der Waals surface area (Å²) in [6, 6.07) is 13.2. The van der Waals surface area contributed by atoms with Gasteiger partial charge in [0.25, 0.3) is 0 Å². The Morgan fingerprint density at radius 2 is 1.76 bits per heavy atom. The number of thioether (sulfide) groups is 1. The maximum atomic E-state index is 12.7. The Labute approximate surface area is 197 Å². The van der Waals surface area contributed by atoms with Gasteiger partial charge in [-0.05, 0) is 69.3 Å². The molecule has 1 N–H and O–H groups in total. The van der Waals surface area contributed by atoms with E-state index in [1.807, 2.05) is 0 Å². The first-order valence-electron chi connectivity index (χ1n) is 11.6. The molecule has 2 fully saturated rings. The topological polar surface area (TPSA) is 45.2 Å². The van der Waals surface area contributed by atoms with Gasteiger partial charge in [-0.3, -0.25) is 9.69 Å². The fraction of sp³-hybridized carbons (Fsp3) is 0.520. The molecule has 1 aliphatic carbocycles. The fourth-order valence-corrected chi connectivity index (χ4v) is 5.79. The van der Waals surface area contributed by atoms with Crippen LogP contribution in [0, 0.1) is 0 Å². The standard InChI is InChI=1S/C25H30F3N3OS/c26-25(27,28)20-9-10-23(29-17-20)33-18-22(32)30-21-11-13-24(14-12-21,19-7-3-1-4-8-19)31-15-5-2-6-16-31/h1,3-4,7-10,17,21H,2,5-6,11-16,18H2,(H,30,32). The van der Waals surface area contributed by atoms with Crippen molar-refractivity contribution in [3.63, 3.8) is 0 Å². The maximum absolute atomic E-state index is 12.7. The first-order chi connectivity index (χ1) is 15.9. The van der Waals surface area contributed by atoms with Crippen LogP contribution in [0.2, 0.25) is 0 Å². The maximum Gasteiger partial charge on any atom is 0.417 e. The number of likely N-dealkylation sites (tertiary alicyclic amines) is 1. The number of carbonyl (C=O) groups excluding carboxylic acids is 1. The summed E-state index contributed by atoms with van der Waals surface area (Å²) in [4.78, 5) is 19.0. The third kappa shape index (κ3) is 5.90. The van der Waals surface area contributed by atoms with E-state index in [0.29, 0.717) is 5.03 Å². The van der Waals surface area contributed by atoms with Crippen LogP contribution in [0.4, 0.5) is 13.2 Å². The van der Waals surface area contributed by atoms with Crippen molar-refractivity contribution in [2.45, 2.75) is 67.7 Å². The van der Waals surface area contributed by atoms with Crippen molar-refractivity contribution < 1.29 is 18.0 Å². The number of amides is 1. The Morgan fingerprint density at radius 1 is 1.06 bits per heavy atom. The van der Waals surface area contributed by atoms with Crippen LogP contribution in [-0.4, -0.2) is 40.7 Å².